The molecule has 1 aliphatic rings. The molecule has 0 spiro atoms. The zero-order valence-corrected chi connectivity index (χ0v) is 18.7. The number of benzene rings is 2. The van der Waals surface area contributed by atoms with Gasteiger partial charge in [-0.2, -0.15) is 0 Å². The van der Waals surface area contributed by atoms with E-state index in [4.69, 9.17) is 0 Å². The summed E-state index contributed by atoms with van der Waals surface area (Å²) in [5, 5.41) is 0. The quantitative estimate of drug-likeness (QED) is 0.411. The van der Waals surface area contributed by atoms with Crippen LogP contribution < -0.4 is 0 Å². The minimum atomic E-state index is -0.435. The van der Waals surface area contributed by atoms with Crippen LogP contribution in [0.2, 0.25) is 6.04 Å². The fraction of sp³-hybridized carbons (Fsp3) is 0.500. The molecule has 27 heavy (non-hydrogen) atoms. The van der Waals surface area contributed by atoms with E-state index in [9.17, 15) is 8.78 Å². The van der Waals surface area contributed by atoms with Crippen LogP contribution in [0.5, 0.6) is 0 Å². The van der Waals surface area contributed by atoms with Crippen molar-refractivity contribution < 1.29 is 8.78 Å². The monoisotopic (exact) mass is 386 g/mol. The first-order chi connectivity index (χ1) is 13.1. The van der Waals surface area contributed by atoms with Gasteiger partial charge in [0, 0.05) is 15.8 Å². The highest BCUT2D eigenvalue weighted by atomic mass is 28.1. The molecule has 0 N–H and O–H groups in total. The van der Waals surface area contributed by atoms with Crippen molar-refractivity contribution in [2.45, 2.75) is 70.3 Å². The Morgan fingerprint density at radius 2 is 1.41 bits per heavy atom. The molecule has 2 aromatic rings. The van der Waals surface area contributed by atoms with Crippen molar-refractivity contribution in [1.29, 1.82) is 0 Å². The average molecular weight is 387 g/mol. The van der Waals surface area contributed by atoms with E-state index in [1.807, 2.05) is 0 Å². The van der Waals surface area contributed by atoms with Gasteiger partial charge < -0.3 is 0 Å². The van der Waals surface area contributed by atoms with E-state index in [2.05, 4.69) is 24.3 Å². The molecule has 0 aliphatic heterocycles. The van der Waals surface area contributed by atoms with Gasteiger partial charge in [0.2, 0.25) is 0 Å². The molecule has 3 rings (SSSR count). The van der Waals surface area contributed by atoms with Crippen molar-refractivity contribution in [1.82, 2.24) is 0 Å². The lowest BCUT2D eigenvalue weighted by Gasteiger charge is -2.28. The van der Waals surface area contributed by atoms with Crippen LogP contribution in [0, 0.1) is 24.5 Å². The molecule has 0 atom stereocenters. The highest BCUT2D eigenvalue weighted by Gasteiger charge is 2.20. The normalized spacial score (nSPS) is 20.1. The Balaban J connectivity index is 1.44. The topological polar surface area (TPSA) is 0 Å². The van der Waals surface area contributed by atoms with Crippen molar-refractivity contribution in [3.63, 3.8) is 0 Å². The molecule has 1 saturated carbocycles. The van der Waals surface area contributed by atoms with Crippen molar-refractivity contribution in [2.24, 2.45) is 5.92 Å². The van der Waals surface area contributed by atoms with Crippen LogP contribution >= 0.6 is 0 Å². The van der Waals surface area contributed by atoms with E-state index < -0.39 is 11.6 Å². The van der Waals surface area contributed by atoms with E-state index in [1.165, 1.54) is 72.2 Å². The molecule has 0 heterocycles. The SMILES string of the molecule is Cc1c(F)cc(CCCCc2ccc(C3CCC(C[SiH3])CC3)cc2)cc1F. The summed E-state index contributed by atoms with van der Waals surface area (Å²) in [6.07, 6.45) is 9.30. The molecule has 0 aromatic heterocycles. The molecular weight excluding hydrogens is 354 g/mol. The maximum atomic E-state index is 13.6. The van der Waals surface area contributed by atoms with E-state index in [0.717, 1.165) is 43.1 Å². The van der Waals surface area contributed by atoms with Gasteiger partial charge in [-0.25, -0.2) is 8.78 Å². The van der Waals surface area contributed by atoms with Gasteiger partial charge in [-0.1, -0.05) is 43.2 Å². The Kier molecular flexibility index (Phi) is 7.23. The van der Waals surface area contributed by atoms with Crippen molar-refractivity contribution in [2.75, 3.05) is 0 Å². The molecule has 0 saturated heterocycles. The van der Waals surface area contributed by atoms with Gasteiger partial charge in [-0.3, -0.25) is 0 Å². The lowest BCUT2D eigenvalue weighted by atomic mass is 9.79. The smallest absolute Gasteiger partial charge is 0.129 e. The molecule has 0 unspecified atom stereocenters. The molecular formula is C24H32F2Si. The summed E-state index contributed by atoms with van der Waals surface area (Å²) in [5.41, 5.74) is 3.75. The predicted molar refractivity (Wildman–Crippen MR) is 114 cm³/mol. The summed E-state index contributed by atoms with van der Waals surface area (Å²) < 4.78 is 27.2. The van der Waals surface area contributed by atoms with Gasteiger partial charge >= 0.3 is 0 Å². The largest absolute Gasteiger partial charge is 0.207 e. The lowest BCUT2D eigenvalue weighted by Crippen LogP contribution is -2.12. The second-order valence-corrected chi connectivity index (χ2v) is 9.08. The van der Waals surface area contributed by atoms with Crippen LogP contribution in [0.4, 0.5) is 8.78 Å². The summed E-state index contributed by atoms with van der Waals surface area (Å²) in [5.74, 6) is 0.892. The van der Waals surface area contributed by atoms with Gasteiger partial charge in [-0.15, -0.1) is 0 Å². The molecule has 1 aliphatic carbocycles. The molecule has 0 nitrogen and oxygen atoms in total. The molecule has 1 fully saturated rings. The minimum Gasteiger partial charge on any atom is -0.207 e. The van der Waals surface area contributed by atoms with Crippen molar-refractivity contribution in [3.05, 3.63) is 70.3 Å². The fourth-order valence-corrected chi connectivity index (χ4v) is 5.18. The first-order valence-corrected chi connectivity index (χ1v) is 12.0. The zero-order chi connectivity index (χ0) is 19.2. The third-order valence-electron chi connectivity index (χ3n) is 6.40. The van der Waals surface area contributed by atoms with E-state index in [0.29, 0.717) is 0 Å². The summed E-state index contributed by atoms with van der Waals surface area (Å²) in [6.45, 7) is 1.48. The zero-order valence-electron chi connectivity index (χ0n) is 16.7. The Hall–Kier alpha value is -1.48. The number of hydrogen-bond donors (Lipinski definition) is 0. The maximum absolute atomic E-state index is 13.6. The van der Waals surface area contributed by atoms with Gasteiger partial charge in [0.05, 0.1) is 0 Å². The van der Waals surface area contributed by atoms with E-state index in [-0.39, 0.29) is 5.56 Å². The fourth-order valence-electron chi connectivity index (χ4n) is 4.36. The lowest BCUT2D eigenvalue weighted by molar-refractivity contribution is 0.348. The number of aryl methyl sites for hydroxylation is 2. The first kappa shape index (κ1) is 20.3. The van der Waals surface area contributed by atoms with Crippen molar-refractivity contribution >= 4 is 10.2 Å². The minimum absolute atomic E-state index is 0.115. The number of hydrogen-bond acceptors (Lipinski definition) is 0. The predicted octanol–water partition coefficient (Wildman–Crippen LogP) is 5.90. The highest BCUT2D eigenvalue weighted by molar-refractivity contribution is 6.08. The van der Waals surface area contributed by atoms with Gasteiger partial charge in [0.25, 0.3) is 0 Å². The van der Waals surface area contributed by atoms with Gasteiger partial charge in [0.1, 0.15) is 11.6 Å². The van der Waals surface area contributed by atoms with Crippen LogP contribution in [0.15, 0.2) is 36.4 Å². The maximum Gasteiger partial charge on any atom is 0.129 e. The number of unbranched alkanes of at least 4 members (excludes halogenated alkanes) is 1. The molecule has 0 amide bonds. The molecule has 0 radical (unpaired) electrons. The van der Waals surface area contributed by atoms with Gasteiger partial charge in [0.15, 0.2) is 0 Å². The van der Waals surface area contributed by atoms with Crippen LogP contribution in [0.25, 0.3) is 0 Å². The van der Waals surface area contributed by atoms with E-state index in [1.54, 1.807) is 0 Å². The summed E-state index contributed by atoms with van der Waals surface area (Å²) in [6, 6.07) is 13.6. The third-order valence-corrected chi connectivity index (χ3v) is 7.55. The Labute approximate surface area is 165 Å². The second kappa shape index (κ2) is 9.63. The Morgan fingerprint density at radius 1 is 0.852 bits per heavy atom. The van der Waals surface area contributed by atoms with Gasteiger partial charge in [-0.05, 0) is 86.1 Å². The van der Waals surface area contributed by atoms with E-state index >= 15 is 0 Å². The number of rotatable bonds is 7. The molecule has 146 valence electrons. The Bertz CT molecular complexity index is 708. The van der Waals surface area contributed by atoms with Crippen LogP contribution in [-0.2, 0) is 12.8 Å². The second-order valence-electron chi connectivity index (χ2n) is 8.26. The average Bonchev–Trinajstić information content (AvgIpc) is 2.70. The summed E-state index contributed by atoms with van der Waals surface area (Å²) >= 11 is 0. The Morgan fingerprint density at radius 3 is 1.96 bits per heavy atom. The summed E-state index contributed by atoms with van der Waals surface area (Å²) in [4.78, 5) is 0. The molecule has 3 heteroatoms. The third kappa shape index (κ3) is 5.51. The highest BCUT2D eigenvalue weighted by Crippen LogP contribution is 2.36. The molecule has 2 aromatic carbocycles. The first-order valence-electron chi connectivity index (χ1n) is 10.6. The molecule has 0 bridgehead atoms. The van der Waals surface area contributed by atoms with Crippen LogP contribution in [0.3, 0.4) is 0 Å². The van der Waals surface area contributed by atoms with Crippen LogP contribution in [0.1, 0.15) is 66.7 Å². The van der Waals surface area contributed by atoms with Crippen LogP contribution in [-0.4, -0.2) is 10.2 Å². The number of halogens is 2. The standard InChI is InChI=1S/C24H32F2Si/c1-17-23(25)14-20(15-24(17)26)5-3-2-4-18-6-10-21(11-7-18)22-12-8-19(16-27)9-13-22/h6-7,10-11,14-15,19,22H,2-5,8-9,12-13,16H2,1,27H3. The summed E-state index contributed by atoms with van der Waals surface area (Å²) in [7, 11) is 1.35. The van der Waals surface area contributed by atoms with Crippen molar-refractivity contribution in [3.8, 4) is 0 Å².